The molecule has 168 valence electrons. The van der Waals surface area contributed by atoms with E-state index >= 15 is 0 Å². The zero-order valence-corrected chi connectivity index (χ0v) is 18.3. The van der Waals surface area contributed by atoms with Crippen LogP contribution in [0.2, 0.25) is 0 Å². The third-order valence-electron chi connectivity index (χ3n) is 6.80. The summed E-state index contributed by atoms with van der Waals surface area (Å²) in [4.78, 5) is 11.6. The van der Waals surface area contributed by atoms with Crippen LogP contribution in [-0.4, -0.2) is 75.5 Å². The molecule has 0 spiro atoms. The van der Waals surface area contributed by atoms with Crippen molar-refractivity contribution in [1.29, 1.82) is 0 Å². The zero-order chi connectivity index (χ0) is 20.3. The van der Waals surface area contributed by atoms with E-state index in [1.165, 1.54) is 51.4 Å². The third-order valence-corrected chi connectivity index (χ3v) is 6.80. The van der Waals surface area contributed by atoms with Crippen LogP contribution in [0.5, 0.6) is 0 Å². The van der Waals surface area contributed by atoms with Crippen LogP contribution in [0.4, 0.5) is 0 Å². The van der Waals surface area contributed by atoms with E-state index in [0.717, 1.165) is 32.7 Å². The van der Waals surface area contributed by atoms with Crippen molar-refractivity contribution in [2.75, 3.05) is 39.3 Å². The molecule has 0 unspecified atom stereocenters. The highest BCUT2D eigenvalue weighted by Gasteiger charge is 2.27. The highest BCUT2D eigenvalue weighted by atomic mass is 16.5. The standard InChI is InChI=1S/C22H43N5O2/c1-2-22(28)29-16-17-15-27-21-10-6-5-9-20(21)26-14-13-25-19-8-4-3-7-18(19)24-12-11-23-17/h17-21,23-27H,2-16H2,1H3/t17-,18-,19-,20-,21-/m1/s1. The molecule has 0 bridgehead atoms. The first-order valence-corrected chi connectivity index (χ1v) is 12.1. The van der Waals surface area contributed by atoms with Crippen molar-refractivity contribution in [3.63, 3.8) is 0 Å². The summed E-state index contributed by atoms with van der Waals surface area (Å²) in [7, 11) is 0. The first-order valence-electron chi connectivity index (χ1n) is 12.1. The Labute approximate surface area is 176 Å². The summed E-state index contributed by atoms with van der Waals surface area (Å²) in [5.74, 6) is -0.117. The Morgan fingerprint density at radius 1 is 0.724 bits per heavy atom. The van der Waals surface area contributed by atoms with Gasteiger partial charge in [0.15, 0.2) is 0 Å². The van der Waals surface area contributed by atoms with Crippen LogP contribution < -0.4 is 26.6 Å². The molecule has 1 saturated heterocycles. The zero-order valence-electron chi connectivity index (χ0n) is 18.3. The summed E-state index contributed by atoms with van der Waals surface area (Å²) < 4.78 is 5.45. The van der Waals surface area contributed by atoms with Gasteiger partial charge in [0.2, 0.25) is 0 Å². The molecule has 2 saturated carbocycles. The molecule has 0 aromatic rings. The van der Waals surface area contributed by atoms with Crippen molar-refractivity contribution in [1.82, 2.24) is 26.6 Å². The van der Waals surface area contributed by atoms with E-state index in [1.54, 1.807) is 0 Å². The van der Waals surface area contributed by atoms with Crippen LogP contribution in [0.15, 0.2) is 0 Å². The lowest BCUT2D eigenvalue weighted by molar-refractivity contribution is -0.143. The second-order valence-corrected chi connectivity index (χ2v) is 8.95. The molecule has 0 amide bonds. The van der Waals surface area contributed by atoms with Gasteiger partial charge < -0.3 is 31.3 Å². The van der Waals surface area contributed by atoms with Crippen molar-refractivity contribution < 1.29 is 9.53 Å². The molecule has 5 atom stereocenters. The van der Waals surface area contributed by atoms with Gasteiger partial charge >= 0.3 is 5.97 Å². The van der Waals surface area contributed by atoms with E-state index in [4.69, 9.17) is 4.74 Å². The van der Waals surface area contributed by atoms with E-state index in [0.29, 0.717) is 37.2 Å². The van der Waals surface area contributed by atoms with Gasteiger partial charge in [-0.15, -0.1) is 0 Å². The molecule has 3 rings (SSSR count). The van der Waals surface area contributed by atoms with Gasteiger partial charge in [-0.3, -0.25) is 4.79 Å². The largest absolute Gasteiger partial charge is 0.464 e. The summed E-state index contributed by atoms with van der Waals surface area (Å²) >= 11 is 0. The molecule has 5 N–H and O–H groups in total. The molecule has 29 heavy (non-hydrogen) atoms. The number of ether oxygens (including phenoxy) is 1. The molecule has 7 heteroatoms. The van der Waals surface area contributed by atoms with Gasteiger partial charge in [-0.1, -0.05) is 32.6 Å². The van der Waals surface area contributed by atoms with E-state index in [2.05, 4.69) is 26.6 Å². The van der Waals surface area contributed by atoms with Crippen molar-refractivity contribution in [3.8, 4) is 0 Å². The van der Waals surface area contributed by atoms with Crippen molar-refractivity contribution in [2.45, 2.75) is 94.9 Å². The topological polar surface area (TPSA) is 86.5 Å². The van der Waals surface area contributed by atoms with Crippen LogP contribution in [0, 0.1) is 0 Å². The lowest BCUT2D eigenvalue weighted by Gasteiger charge is -2.35. The Hall–Kier alpha value is -0.730. The Kier molecular flexibility index (Phi) is 10.2. The molecule has 1 aliphatic heterocycles. The maximum Gasteiger partial charge on any atom is 0.305 e. The molecular formula is C22H43N5O2. The minimum atomic E-state index is -0.117. The lowest BCUT2D eigenvalue weighted by atomic mass is 9.89. The number of hydrogen-bond donors (Lipinski definition) is 5. The Balaban J connectivity index is 1.58. The predicted octanol–water partition coefficient (Wildman–Crippen LogP) is 0.892. The third kappa shape index (κ3) is 7.79. The smallest absolute Gasteiger partial charge is 0.305 e. The summed E-state index contributed by atoms with van der Waals surface area (Å²) in [6, 6.07) is 2.33. The summed E-state index contributed by atoms with van der Waals surface area (Å²) in [5.41, 5.74) is 0. The van der Waals surface area contributed by atoms with Crippen LogP contribution in [0.1, 0.15) is 64.7 Å². The molecule has 2 aliphatic carbocycles. The fraction of sp³-hybridized carbons (Fsp3) is 0.955. The van der Waals surface area contributed by atoms with Crippen molar-refractivity contribution in [2.24, 2.45) is 0 Å². The van der Waals surface area contributed by atoms with Crippen LogP contribution in [-0.2, 0) is 9.53 Å². The molecule has 3 fully saturated rings. The molecule has 3 aliphatic rings. The SMILES string of the molecule is CCC(=O)OC[C@H]1CN[C@@H]2CCCC[C@H]2NCCN[C@@H]2CCCC[C@H]2NCCN1. The Bertz CT molecular complexity index is 478. The van der Waals surface area contributed by atoms with E-state index in [-0.39, 0.29) is 12.0 Å². The molecule has 7 nitrogen and oxygen atoms in total. The van der Waals surface area contributed by atoms with Gasteiger partial charge in [0, 0.05) is 63.3 Å². The quantitative estimate of drug-likeness (QED) is 0.443. The molecule has 0 aromatic carbocycles. The maximum atomic E-state index is 11.6. The number of rotatable bonds is 3. The Morgan fingerprint density at radius 2 is 1.17 bits per heavy atom. The van der Waals surface area contributed by atoms with Gasteiger partial charge in [-0.05, 0) is 25.7 Å². The van der Waals surface area contributed by atoms with Crippen molar-refractivity contribution in [3.05, 3.63) is 0 Å². The average Bonchev–Trinajstić information content (AvgIpc) is 2.76. The fourth-order valence-electron chi connectivity index (χ4n) is 5.07. The van der Waals surface area contributed by atoms with Gasteiger partial charge in [-0.25, -0.2) is 0 Å². The van der Waals surface area contributed by atoms with Gasteiger partial charge in [-0.2, -0.15) is 0 Å². The highest BCUT2D eigenvalue weighted by molar-refractivity contribution is 5.68. The lowest BCUT2D eigenvalue weighted by Crippen LogP contribution is -2.54. The predicted molar refractivity (Wildman–Crippen MR) is 117 cm³/mol. The fourth-order valence-corrected chi connectivity index (χ4v) is 5.07. The number of carbonyl (C=O) groups excluding carboxylic acids is 1. The number of carbonyl (C=O) groups is 1. The van der Waals surface area contributed by atoms with E-state index < -0.39 is 0 Å². The molecular weight excluding hydrogens is 366 g/mol. The second kappa shape index (κ2) is 12.8. The normalized spacial score (nSPS) is 35.4. The molecule has 0 aromatic heterocycles. The van der Waals surface area contributed by atoms with Crippen LogP contribution >= 0.6 is 0 Å². The van der Waals surface area contributed by atoms with Gasteiger partial charge in [0.1, 0.15) is 6.61 Å². The number of nitrogens with one attached hydrogen (secondary N) is 5. The minimum absolute atomic E-state index is 0.117. The second-order valence-electron chi connectivity index (χ2n) is 8.95. The minimum Gasteiger partial charge on any atom is -0.464 e. The van der Waals surface area contributed by atoms with E-state index in [9.17, 15) is 4.79 Å². The monoisotopic (exact) mass is 409 g/mol. The molecule has 0 radical (unpaired) electrons. The first-order chi connectivity index (χ1) is 14.3. The number of esters is 1. The summed E-state index contributed by atoms with van der Waals surface area (Å²) in [6.07, 6.45) is 10.7. The van der Waals surface area contributed by atoms with Gasteiger partial charge in [0.05, 0.1) is 6.04 Å². The summed E-state index contributed by atoms with van der Waals surface area (Å²) in [5, 5.41) is 18.8. The van der Waals surface area contributed by atoms with Crippen LogP contribution in [0.3, 0.4) is 0 Å². The van der Waals surface area contributed by atoms with Crippen LogP contribution in [0.25, 0.3) is 0 Å². The Morgan fingerprint density at radius 3 is 1.66 bits per heavy atom. The van der Waals surface area contributed by atoms with E-state index in [1.807, 2.05) is 6.92 Å². The summed E-state index contributed by atoms with van der Waals surface area (Å²) in [6.45, 7) is 7.04. The highest BCUT2D eigenvalue weighted by Crippen LogP contribution is 2.20. The van der Waals surface area contributed by atoms with Crippen molar-refractivity contribution >= 4 is 5.97 Å². The first kappa shape index (κ1) is 22.9. The average molecular weight is 410 g/mol. The maximum absolute atomic E-state index is 11.6. The number of fused-ring (bicyclic) bond motifs is 2. The molecule has 1 heterocycles. The van der Waals surface area contributed by atoms with Gasteiger partial charge in [0.25, 0.3) is 0 Å². The number of hydrogen-bond acceptors (Lipinski definition) is 7.